The molecule has 7 heteroatoms. The lowest BCUT2D eigenvalue weighted by Crippen LogP contribution is -2.28. The van der Waals surface area contributed by atoms with Crippen molar-refractivity contribution >= 4 is 28.8 Å². The first-order chi connectivity index (χ1) is 10.1. The molecule has 0 spiro atoms. The highest BCUT2D eigenvalue weighted by Crippen LogP contribution is 2.25. The van der Waals surface area contributed by atoms with Crippen molar-refractivity contribution in [1.29, 1.82) is 0 Å². The van der Waals surface area contributed by atoms with E-state index in [0.717, 1.165) is 4.88 Å². The molecule has 5 nitrogen and oxygen atoms in total. The minimum atomic E-state index is -0.251. The molecule has 1 heterocycles. The number of aromatic nitrogens is 1. The van der Waals surface area contributed by atoms with E-state index < -0.39 is 0 Å². The molecule has 1 amide bonds. The van der Waals surface area contributed by atoms with Gasteiger partial charge in [0.1, 0.15) is 12.3 Å². The minimum absolute atomic E-state index is 0.251. The number of nitrogens with one attached hydrogen (secondary N) is 1. The summed E-state index contributed by atoms with van der Waals surface area (Å²) in [5, 5.41) is 2.74. The molecule has 0 aliphatic carbocycles. The molecule has 0 bridgehead atoms. The van der Waals surface area contributed by atoms with E-state index >= 15 is 0 Å². The van der Waals surface area contributed by atoms with E-state index in [4.69, 9.17) is 21.1 Å². The molecule has 1 aromatic carbocycles. The van der Waals surface area contributed by atoms with Crippen LogP contribution in [0.25, 0.3) is 0 Å². The molecule has 0 aliphatic heterocycles. The highest BCUT2D eigenvalue weighted by atomic mass is 35.5. The summed E-state index contributed by atoms with van der Waals surface area (Å²) < 4.78 is 11.1. The van der Waals surface area contributed by atoms with Gasteiger partial charge in [-0.1, -0.05) is 23.7 Å². The van der Waals surface area contributed by atoms with Crippen molar-refractivity contribution in [2.24, 2.45) is 0 Å². The van der Waals surface area contributed by atoms with E-state index in [-0.39, 0.29) is 5.91 Å². The molecule has 2 rings (SSSR count). The fourth-order valence-electron chi connectivity index (χ4n) is 1.72. The topological polar surface area (TPSA) is 60.5 Å². The van der Waals surface area contributed by atoms with Crippen molar-refractivity contribution in [3.05, 3.63) is 39.3 Å². The average Bonchev–Trinajstić information content (AvgIpc) is 2.82. The van der Waals surface area contributed by atoms with Crippen molar-refractivity contribution in [2.75, 3.05) is 20.3 Å². The van der Waals surface area contributed by atoms with Gasteiger partial charge in [-0.05, 0) is 19.1 Å². The summed E-state index contributed by atoms with van der Waals surface area (Å²) in [6.45, 7) is 2.51. The summed E-state index contributed by atoms with van der Waals surface area (Å²) in [5.74, 6) is 1.05. The lowest BCUT2D eigenvalue weighted by molar-refractivity contribution is 0.0942. The SMILES string of the molecule is COc1ccccc1OCCNC(=O)c1nc(Cl)sc1C. The Morgan fingerprint density at radius 2 is 2.10 bits per heavy atom. The van der Waals surface area contributed by atoms with E-state index in [1.165, 1.54) is 11.3 Å². The van der Waals surface area contributed by atoms with Crippen LogP contribution in [0.1, 0.15) is 15.4 Å². The fourth-order valence-corrected chi connectivity index (χ4v) is 2.78. The molecule has 1 N–H and O–H groups in total. The number of nitrogens with zero attached hydrogens (tertiary/aromatic N) is 1. The summed E-state index contributed by atoms with van der Waals surface area (Å²) in [6, 6.07) is 7.35. The third-order valence-corrected chi connectivity index (χ3v) is 3.78. The molecule has 0 saturated carbocycles. The van der Waals surface area contributed by atoms with Crippen molar-refractivity contribution < 1.29 is 14.3 Å². The highest BCUT2D eigenvalue weighted by molar-refractivity contribution is 7.15. The first kappa shape index (κ1) is 15.6. The van der Waals surface area contributed by atoms with Gasteiger partial charge in [-0.15, -0.1) is 11.3 Å². The molecular formula is C14H15ClN2O3S. The predicted molar refractivity (Wildman–Crippen MR) is 82.7 cm³/mol. The molecule has 0 fully saturated rings. The Morgan fingerprint density at radius 3 is 2.71 bits per heavy atom. The second-order valence-electron chi connectivity index (χ2n) is 4.13. The maximum atomic E-state index is 11.9. The smallest absolute Gasteiger partial charge is 0.271 e. The average molecular weight is 327 g/mol. The maximum Gasteiger partial charge on any atom is 0.271 e. The van der Waals surface area contributed by atoms with Gasteiger partial charge < -0.3 is 14.8 Å². The van der Waals surface area contributed by atoms with Gasteiger partial charge in [0.2, 0.25) is 0 Å². The second-order valence-corrected chi connectivity index (χ2v) is 5.91. The number of amides is 1. The van der Waals surface area contributed by atoms with Crippen LogP contribution in [0.5, 0.6) is 11.5 Å². The van der Waals surface area contributed by atoms with Crippen molar-refractivity contribution in [1.82, 2.24) is 10.3 Å². The Kier molecular flexibility index (Phi) is 5.41. The molecule has 112 valence electrons. The molecule has 21 heavy (non-hydrogen) atoms. The zero-order valence-corrected chi connectivity index (χ0v) is 13.3. The van der Waals surface area contributed by atoms with E-state index in [0.29, 0.717) is 34.8 Å². The van der Waals surface area contributed by atoms with Gasteiger partial charge >= 0.3 is 0 Å². The highest BCUT2D eigenvalue weighted by Gasteiger charge is 2.14. The van der Waals surface area contributed by atoms with Crippen LogP contribution >= 0.6 is 22.9 Å². The first-order valence-corrected chi connectivity index (χ1v) is 7.48. The number of methoxy groups -OCH3 is 1. The van der Waals surface area contributed by atoms with E-state index in [1.54, 1.807) is 7.11 Å². The number of ether oxygens (including phenoxy) is 2. The third kappa shape index (κ3) is 4.09. The normalized spacial score (nSPS) is 10.2. The standard InChI is InChI=1S/C14H15ClN2O3S/c1-9-12(17-14(15)21-9)13(18)16-7-8-20-11-6-4-3-5-10(11)19-2/h3-6H,7-8H2,1-2H3,(H,16,18). The zero-order chi connectivity index (χ0) is 15.2. The number of carbonyl (C=O) groups is 1. The number of benzene rings is 1. The van der Waals surface area contributed by atoms with Crippen LogP contribution in [0, 0.1) is 6.92 Å². The lowest BCUT2D eigenvalue weighted by atomic mass is 10.3. The van der Waals surface area contributed by atoms with Crippen LogP contribution in [0.4, 0.5) is 0 Å². The summed E-state index contributed by atoms with van der Waals surface area (Å²) in [5.41, 5.74) is 0.363. The summed E-state index contributed by atoms with van der Waals surface area (Å²) >= 11 is 7.06. The number of halogens is 1. The monoisotopic (exact) mass is 326 g/mol. The molecule has 0 saturated heterocycles. The number of carbonyl (C=O) groups excluding carboxylic acids is 1. The molecule has 0 unspecified atom stereocenters. The molecular weight excluding hydrogens is 312 g/mol. The van der Waals surface area contributed by atoms with Crippen LogP contribution in [-0.4, -0.2) is 31.2 Å². The Balaban J connectivity index is 1.82. The molecule has 2 aromatic rings. The molecule has 0 atom stereocenters. The number of aryl methyl sites for hydroxylation is 1. The van der Waals surface area contributed by atoms with Crippen LogP contribution in [-0.2, 0) is 0 Å². The zero-order valence-electron chi connectivity index (χ0n) is 11.7. The van der Waals surface area contributed by atoms with E-state index in [9.17, 15) is 4.79 Å². The minimum Gasteiger partial charge on any atom is -0.493 e. The largest absolute Gasteiger partial charge is 0.493 e. The Labute approximate surface area is 131 Å². The lowest BCUT2D eigenvalue weighted by Gasteiger charge is -2.10. The summed E-state index contributed by atoms with van der Waals surface area (Å²) in [7, 11) is 1.58. The predicted octanol–water partition coefficient (Wildman–Crippen LogP) is 2.92. The van der Waals surface area contributed by atoms with Crippen LogP contribution in [0.15, 0.2) is 24.3 Å². The van der Waals surface area contributed by atoms with Gasteiger partial charge in [-0.25, -0.2) is 4.98 Å². The van der Waals surface area contributed by atoms with Gasteiger partial charge in [-0.3, -0.25) is 4.79 Å². The van der Waals surface area contributed by atoms with Crippen LogP contribution < -0.4 is 14.8 Å². The third-order valence-electron chi connectivity index (χ3n) is 2.70. The van der Waals surface area contributed by atoms with E-state index in [1.807, 2.05) is 31.2 Å². The number of para-hydroxylation sites is 2. The van der Waals surface area contributed by atoms with Gasteiger partial charge in [0.15, 0.2) is 16.0 Å². The Morgan fingerprint density at radius 1 is 1.38 bits per heavy atom. The Hall–Kier alpha value is -1.79. The van der Waals surface area contributed by atoms with Crippen molar-refractivity contribution in [3.63, 3.8) is 0 Å². The number of hydrogen-bond acceptors (Lipinski definition) is 5. The van der Waals surface area contributed by atoms with E-state index in [2.05, 4.69) is 10.3 Å². The maximum absolute atomic E-state index is 11.9. The second kappa shape index (κ2) is 7.28. The van der Waals surface area contributed by atoms with Crippen molar-refractivity contribution in [2.45, 2.75) is 6.92 Å². The number of thiazole rings is 1. The van der Waals surface area contributed by atoms with Gasteiger partial charge in [0.05, 0.1) is 13.7 Å². The van der Waals surface area contributed by atoms with Gasteiger partial charge in [0.25, 0.3) is 5.91 Å². The number of hydrogen-bond donors (Lipinski definition) is 1. The number of rotatable bonds is 6. The molecule has 0 aliphatic rings. The molecule has 1 aromatic heterocycles. The van der Waals surface area contributed by atoms with Crippen LogP contribution in [0.2, 0.25) is 4.47 Å². The fraction of sp³-hybridized carbons (Fsp3) is 0.286. The summed E-state index contributed by atoms with van der Waals surface area (Å²) in [4.78, 5) is 16.7. The summed E-state index contributed by atoms with van der Waals surface area (Å²) in [6.07, 6.45) is 0. The van der Waals surface area contributed by atoms with Crippen LogP contribution in [0.3, 0.4) is 0 Å². The Bertz CT molecular complexity index is 630. The van der Waals surface area contributed by atoms with Crippen molar-refractivity contribution in [3.8, 4) is 11.5 Å². The van der Waals surface area contributed by atoms with Gasteiger partial charge in [-0.2, -0.15) is 0 Å². The van der Waals surface area contributed by atoms with Gasteiger partial charge in [0, 0.05) is 4.88 Å². The first-order valence-electron chi connectivity index (χ1n) is 6.28. The molecule has 0 radical (unpaired) electrons. The quantitative estimate of drug-likeness (QED) is 0.829.